The van der Waals surface area contributed by atoms with Crippen molar-refractivity contribution in [2.24, 2.45) is 5.92 Å². The fourth-order valence-electron chi connectivity index (χ4n) is 4.05. The predicted molar refractivity (Wildman–Crippen MR) is 129 cm³/mol. The molecule has 7 nitrogen and oxygen atoms in total. The summed E-state index contributed by atoms with van der Waals surface area (Å²) in [5, 5.41) is 2.93. The number of hydrogen-bond acceptors (Lipinski definition) is 4. The lowest BCUT2D eigenvalue weighted by molar-refractivity contribution is -0.132. The van der Waals surface area contributed by atoms with Crippen LogP contribution in [0.1, 0.15) is 38.3 Å². The van der Waals surface area contributed by atoms with E-state index in [-0.39, 0.29) is 23.9 Å². The summed E-state index contributed by atoms with van der Waals surface area (Å²) in [6.07, 6.45) is 0.783. The molecule has 1 heterocycles. The summed E-state index contributed by atoms with van der Waals surface area (Å²) in [5.74, 6) is -0.409. The molecule has 1 aliphatic heterocycles. The Morgan fingerprint density at radius 2 is 1.73 bits per heavy atom. The lowest BCUT2D eigenvalue weighted by atomic mass is 9.93. The monoisotopic (exact) mass is 471 g/mol. The molecule has 1 saturated heterocycles. The number of nitrogens with zero attached hydrogens (tertiary/aromatic N) is 2. The van der Waals surface area contributed by atoms with E-state index in [1.165, 1.54) is 17.0 Å². The lowest BCUT2D eigenvalue weighted by Gasteiger charge is -2.47. The van der Waals surface area contributed by atoms with Crippen LogP contribution in [0.3, 0.4) is 0 Å². The van der Waals surface area contributed by atoms with Crippen molar-refractivity contribution in [2.75, 3.05) is 24.5 Å². The van der Waals surface area contributed by atoms with Crippen LogP contribution in [-0.2, 0) is 19.6 Å². The van der Waals surface area contributed by atoms with Gasteiger partial charge in [-0.1, -0.05) is 49.7 Å². The van der Waals surface area contributed by atoms with Crippen LogP contribution in [0.2, 0.25) is 0 Å². The van der Waals surface area contributed by atoms with Crippen LogP contribution in [0.5, 0.6) is 0 Å². The zero-order valence-electron chi connectivity index (χ0n) is 20.0. The molecule has 2 amide bonds. The van der Waals surface area contributed by atoms with E-state index in [9.17, 15) is 18.0 Å². The smallest absolute Gasteiger partial charge is 0.247 e. The summed E-state index contributed by atoms with van der Waals surface area (Å²) < 4.78 is 27.9. The Hall–Kier alpha value is -2.71. The number of carbonyl (C=O) groups is 2. The second kappa shape index (κ2) is 9.65. The van der Waals surface area contributed by atoms with Gasteiger partial charge < -0.3 is 5.32 Å². The molecule has 8 heteroatoms. The maximum atomic E-state index is 13.5. The number of aryl methyl sites for hydroxylation is 2. The Balaban J connectivity index is 2.02. The molecule has 1 fully saturated rings. The first-order chi connectivity index (χ1) is 15.5. The highest BCUT2D eigenvalue weighted by molar-refractivity contribution is 7.89. The number of piperazine rings is 1. The molecule has 0 aromatic heterocycles. The number of sulfonamides is 1. The molecule has 0 aliphatic carbocycles. The molecule has 1 N–H and O–H groups in total. The average Bonchev–Trinajstić information content (AvgIpc) is 2.74. The fourth-order valence-corrected chi connectivity index (χ4v) is 5.53. The van der Waals surface area contributed by atoms with Crippen LogP contribution < -0.4 is 10.2 Å². The van der Waals surface area contributed by atoms with Crippen molar-refractivity contribution < 1.29 is 18.0 Å². The van der Waals surface area contributed by atoms with Gasteiger partial charge in [0.15, 0.2) is 0 Å². The van der Waals surface area contributed by atoms with Gasteiger partial charge in [-0.2, -0.15) is 4.31 Å². The second-order valence-electron chi connectivity index (χ2n) is 9.31. The molecule has 2 aromatic carbocycles. The van der Waals surface area contributed by atoms with E-state index in [2.05, 4.69) is 19.2 Å². The largest absolute Gasteiger partial charge is 0.354 e. The third-order valence-corrected chi connectivity index (χ3v) is 7.86. The fraction of sp³-hybridized carbons (Fsp3) is 0.440. The van der Waals surface area contributed by atoms with Crippen LogP contribution >= 0.6 is 0 Å². The Kier molecular flexibility index (Phi) is 7.29. The molecule has 0 radical (unpaired) electrons. The number of anilines is 1. The molecule has 33 heavy (non-hydrogen) atoms. The van der Waals surface area contributed by atoms with Crippen LogP contribution in [0.15, 0.2) is 53.4 Å². The van der Waals surface area contributed by atoms with Gasteiger partial charge in [0, 0.05) is 18.8 Å². The zero-order valence-corrected chi connectivity index (χ0v) is 20.8. The number of para-hydroxylation sites is 1. The van der Waals surface area contributed by atoms with Crippen molar-refractivity contribution in [1.82, 2.24) is 9.62 Å². The van der Waals surface area contributed by atoms with E-state index in [0.717, 1.165) is 21.9 Å². The molecule has 1 aliphatic rings. The third-order valence-electron chi connectivity index (χ3n) is 6.05. The van der Waals surface area contributed by atoms with Crippen LogP contribution in [-0.4, -0.2) is 49.7 Å². The zero-order chi connectivity index (χ0) is 24.4. The number of benzene rings is 2. The van der Waals surface area contributed by atoms with Gasteiger partial charge >= 0.3 is 0 Å². The van der Waals surface area contributed by atoms with Crippen molar-refractivity contribution in [3.05, 3.63) is 59.7 Å². The van der Waals surface area contributed by atoms with Gasteiger partial charge in [0.05, 0.1) is 11.4 Å². The van der Waals surface area contributed by atoms with Crippen molar-refractivity contribution in [3.63, 3.8) is 0 Å². The number of rotatable bonds is 7. The van der Waals surface area contributed by atoms with Crippen molar-refractivity contribution >= 4 is 27.5 Å². The minimum absolute atomic E-state index is 0.104. The van der Waals surface area contributed by atoms with Crippen LogP contribution in [0.4, 0.5) is 5.69 Å². The molecule has 0 saturated carbocycles. The Labute approximate surface area is 196 Å². The highest BCUT2D eigenvalue weighted by Crippen LogP contribution is 2.34. The molecular formula is C25H33N3O4S. The Morgan fingerprint density at radius 3 is 2.33 bits per heavy atom. The molecule has 1 atom stereocenters. The quantitative estimate of drug-likeness (QED) is 0.672. The first kappa shape index (κ1) is 24.9. The molecule has 3 rings (SSSR count). The van der Waals surface area contributed by atoms with Gasteiger partial charge in [-0.05, 0) is 56.9 Å². The van der Waals surface area contributed by atoms with E-state index in [0.29, 0.717) is 18.2 Å². The van der Waals surface area contributed by atoms with E-state index in [1.54, 1.807) is 25.1 Å². The molecule has 178 valence electrons. The summed E-state index contributed by atoms with van der Waals surface area (Å²) in [5.41, 5.74) is 0.970. The second-order valence-corrected chi connectivity index (χ2v) is 11.3. The topological polar surface area (TPSA) is 86.8 Å². The standard InChI is InChI=1S/C25H33N3O4S/c1-18(2)14-15-26-24(30)25(5)17-27(33(31,32)21-12-10-19(3)11-13-21)16-23(29)28(25)22-9-7-6-8-20(22)4/h6-13,18H,14-17H2,1-5H3,(H,26,30)/t25-/m1/s1. The number of carbonyl (C=O) groups excluding carboxylic acids is 2. The number of nitrogens with one attached hydrogen (secondary N) is 1. The number of amides is 2. The summed E-state index contributed by atoms with van der Waals surface area (Å²) in [4.78, 5) is 28.5. The lowest BCUT2D eigenvalue weighted by Crippen LogP contribution is -2.70. The highest BCUT2D eigenvalue weighted by Gasteiger charge is 2.51. The summed E-state index contributed by atoms with van der Waals surface area (Å²) >= 11 is 0. The van der Waals surface area contributed by atoms with Crippen molar-refractivity contribution in [1.29, 1.82) is 0 Å². The van der Waals surface area contributed by atoms with Gasteiger partial charge in [-0.15, -0.1) is 0 Å². The van der Waals surface area contributed by atoms with Crippen LogP contribution in [0.25, 0.3) is 0 Å². The van der Waals surface area contributed by atoms with E-state index >= 15 is 0 Å². The minimum Gasteiger partial charge on any atom is -0.354 e. The van der Waals surface area contributed by atoms with Gasteiger partial charge in [-0.3, -0.25) is 14.5 Å². The summed E-state index contributed by atoms with van der Waals surface area (Å²) in [6.45, 7) is 9.48. The van der Waals surface area contributed by atoms with E-state index in [4.69, 9.17) is 0 Å². The first-order valence-electron chi connectivity index (χ1n) is 11.2. The third kappa shape index (κ3) is 5.12. The molecular weight excluding hydrogens is 438 g/mol. The normalized spacial score (nSPS) is 19.7. The Morgan fingerprint density at radius 1 is 1.09 bits per heavy atom. The predicted octanol–water partition coefficient (Wildman–Crippen LogP) is 3.26. The molecule has 0 unspecified atom stereocenters. The number of hydrogen-bond donors (Lipinski definition) is 1. The minimum atomic E-state index is -3.96. The van der Waals surface area contributed by atoms with Crippen molar-refractivity contribution in [3.8, 4) is 0 Å². The van der Waals surface area contributed by atoms with Gasteiger partial charge in [0.25, 0.3) is 0 Å². The summed E-state index contributed by atoms with van der Waals surface area (Å²) in [6, 6.07) is 13.8. The van der Waals surface area contributed by atoms with E-state index < -0.39 is 21.5 Å². The summed E-state index contributed by atoms with van der Waals surface area (Å²) in [7, 11) is -3.96. The van der Waals surface area contributed by atoms with Crippen LogP contribution in [0, 0.1) is 19.8 Å². The SMILES string of the molecule is Cc1ccc(S(=O)(=O)N2CC(=O)N(c3ccccc3C)[C@@](C)(C(=O)NCCC(C)C)C2)cc1. The maximum absolute atomic E-state index is 13.5. The molecule has 0 bridgehead atoms. The maximum Gasteiger partial charge on any atom is 0.247 e. The molecule has 2 aromatic rings. The Bertz CT molecular complexity index is 1130. The van der Waals surface area contributed by atoms with E-state index in [1.807, 2.05) is 32.0 Å². The first-order valence-corrected chi connectivity index (χ1v) is 12.6. The molecule has 0 spiro atoms. The highest BCUT2D eigenvalue weighted by atomic mass is 32.2. The van der Waals surface area contributed by atoms with Gasteiger partial charge in [-0.25, -0.2) is 8.42 Å². The van der Waals surface area contributed by atoms with Crippen molar-refractivity contribution in [2.45, 2.75) is 51.5 Å². The van der Waals surface area contributed by atoms with Gasteiger partial charge in [0.2, 0.25) is 21.8 Å². The van der Waals surface area contributed by atoms with Gasteiger partial charge in [0.1, 0.15) is 5.54 Å². The average molecular weight is 472 g/mol.